The van der Waals surface area contributed by atoms with E-state index in [-0.39, 0.29) is 11.4 Å². The van der Waals surface area contributed by atoms with Crippen LogP contribution in [-0.2, 0) is 6.54 Å². The van der Waals surface area contributed by atoms with Gasteiger partial charge in [-0.25, -0.2) is 4.39 Å². The summed E-state index contributed by atoms with van der Waals surface area (Å²) in [5.41, 5.74) is 0.926. The van der Waals surface area contributed by atoms with E-state index in [0.717, 1.165) is 42.4 Å². The molecule has 1 aromatic carbocycles. The monoisotopic (exact) mass is 356 g/mol. The number of nitrogens with one attached hydrogen (secondary N) is 1. The minimum absolute atomic E-state index is 0.114. The van der Waals surface area contributed by atoms with E-state index in [1.54, 1.807) is 6.07 Å². The van der Waals surface area contributed by atoms with Gasteiger partial charge in [-0.05, 0) is 31.9 Å². The van der Waals surface area contributed by atoms with E-state index in [1.807, 2.05) is 12.1 Å². The van der Waals surface area contributed by atoms with E-state index in [4.69, 9.17) is 0 Å². The highest BCUT2D eigenvalue weighted by molar-refractivity contribution is 9.10. The van der Waals surface area contributed by atoms with Crippen molar-refractivity contribution in [2.45, 2.75) is 58.2 Å². The molecule has 0 spiro atoms. The maximum absolute atomic E-state index is 14.1. The third-order valence-corrected chi connectivity index (χ3v) is 5.12. The molecule has 0 aliphatic carbocycles. The maximum Gasteiger partial charge on any atom is 0.128 e. The molecule has 1 aromatic rings. The molecule has 1 saturated heterocycles. The van der Waals surface area contributed by atoms with Crippen LogP contribution < -0.4 is 5.32 Å². The first-order valence-corrected chi connectivity index (χ1v) is 8.69. The van der Waals surface area contributed by atoms with Crippen LogP contribution in [0.3, 0.4) is 0 Å². The van der Waals surface area contributed by atoms with Gasteiger partial charge in [-0.2, -0.15) is 0 Å². The largest absolute Gasteiger partial charge is 0.309 e. The van der Waals surface area contributed by atoms with Gasteiger partial charge < -0.3 is 5.32 Å². The average molecular weight is 357 g/mol. The second kappa shape index (κ2) is 7.21. The van der Waals surface area contributed by atoms with Crippen molar-refractivity contribution in [1.82, 2.24) is 10.2 Å². The van der Waals surface area contributed by atoms with Gasteiger partial charge in [0.1, 0.15) is 5.82 Å². The van der Waals surface area contributed by atoms with Gasteiger partial charge in [-0.15, -0.1) is 0 Å². The van der Waals surface area contributed by atoms with Crippen molar-refractivity contribution >= 4 is 15.9 Å². The van der Waals surface area contributed by atoms with Gasteiger partial charge in [0.05, 0.1) is 0 Å². The lowest BCUT2D eigenvalue weighted by Gasteiger charge is -2.46. The normalized spacial score (nSPS) is 27.0. The van der Waals surface area contributed by atoms with Crippen molar-refractivity contribution in [3.63, 3.8) is 0 Å². The summed E-state index contributed by atoms with van der Waals surface area (Å²) in [7, 11) is 0. The number of hydrogen-bond donors (Lipinski definition) is 1. The SMILES string of the molecule is CCCC1CNC(C)(CC)CN1Cc1ccc(Br)cc1F. The van der Waals surface area contributed by atoms with Crippen LogP contribution in [-0.4, -0.2) is 29.6 Å². The maximum atomic E-state index is 14.1. The molecular weight excluding hydrogens is 331 g/mol. The molecule has 2 nitrogen and oxygen atoms in total. The Kier molecular flexibility index (Phi) is 5.81. The van der Waals surface area contributed by atoms with E-state index in [1.165, 1.54) is 0 Å². The highest BCUT2D eigenvalue weighted by atomic mass is 79.9. The summed E-state index contributed by atoms with van der Waals surface area (Å²) in [4.78, 5) is 2.45. The molecule has 4 heteroatoms. The fourth-order valence-corrected chi connectivity index (χ4v) is 3.37. The number of benzene rings is 1. The first-order valence-electron chi connectivity index (χ1n) is 7.90. The van der Waals surface area contributed by atoms with Crippen molar-refractivity contribution < 1.29 is 4.39 Å². The Labute approximate surface area is 136 Å². The molecule has 118 valence electrons. The summed E-state index contributed by atoms with van der Waals surface area (Å²) in [5, 5.41) is 3.68. The van der Waals surface area contributed by atoms with Gasteiger partial charge in [0.25, 0.3) is 0 Å². The zero-order chi connectivity index (χ0) is 15.5. The number of halogens is 2. The molecule has 0 radical (unpaired) electrons. The fourth-order valence-electron chi connectivity index (χ4n) is 3.03. The summed E-state index contributed by atoms with van der Waals surface area (Å²) in [5.74, 6) is -0.114. The minimum atomic E-state index is -0.114. The molecule has 2 rings (SSSR count). The Morgan fingerprint density at radius 2 is 2.19 bits per heavy atom. The van der Waals surface area contributed by atoms with Crippen LogP contribution in [0.15, 0.2) is 22.7 Å². The molecule has 1 heterocycles. The molecule has 2 atom stereocenters. The Hall–Kier alpha value is -0.450. The summed E-state index contributed by atoms with van der Waals surface area (Å²) >= 11 is 3.32. The van der Waals surface area contributed by atoms with E-state index in [2.05, 4.69) is 46.9 Å². The summed E-state index contributed by atoms with van der Waals surface area (Å²) in [6.07, 6.45) is 3.41. The van der Waals surface area contributed by atoms with Crippen molar-refractivity contribution in [1.29, 1.82) is 0 Å². The van der Waals surface area contributed by atoms with E-state index < -0.39 is 0 Å². The van der Waals surface area contributed by atoms with Crippen molar-refractivity contribution in [2.75, 3.05) is 13.1 Å². The molecular formula is C17H26BrFN2. The smallest absolute Gasteiger partial charge is 0.128 e. The predicted molar refractivity (Wildman–Crippen MR) is 89.9 cm³/mol. The Morgan fingerprint density at radius 1 is 1.43 bits per heavy atom. The molecule has 1 aliphatic rings. The number of hydrogen-bond acceptors (Lipinski definition) is 2. The zero-order valence-electron chi connectivity index (χ0n) is 13.3. The van der Waals surface area contributed by atoms with E-state index in [9.17, 15) is 4.39 Å². The van der Waals surface area contributed by atoms with Gasteiger partial charge in [-0.1, -0.05) is 42.3 Å². The first-order chi connectivity index (χ1) is 9.97. The molecule has 1 aliphatic heterocycles. The minimum Gasteiger partial charge on any atom is -0.309 e. The molecule has 1 fully saturated rings. The van der Waals surface area contributed by atoms with Crippen LogP contribution in [0, 0.1) is 5.82 Å². The summed E-state index contributed by atoms with van der Waals surface area (Å²) in [6.45, 7) is 9.36. The van der Waals surface area contributed by atoms with E-state index >= 15 is 0 Å². The molecule has 0 saturated carbocycles. The standard InChI is InChI=1S/C17H26BrFN2/c1-4-6-15-10-20-17(3,5-2)12-21(15)11-13-7-8-14(18)9-16(13)19/h7-9,15,20H,4-6,10-12H2,1-3H3. The first kappa shape index (κ1) is 16.9. The topological polar surface area (TPSA) is 15.3 Å². The Bertz CT molecular complexity index is 480. The average Bonchev–Trinajstić information content (AvgIpc) is 2.45. The molecule has 2 unspecified atom stereocenters. The second-order valence-corrected chi connectivity index (χ2v) is 7.29. The van der Waals surface area contributed by atoms with Crippen molar-refractivity contribution in [2.24, 2.45) is 0 Å². The third kappa shape index (κ3) is 4.27. The quantitative estimate of drug-likeness (QED) is 0.844. The predicted octanol–water partition coefficient (Wildman–Crippen LogP) is 4.33. The van der Waals surface area contributed by atoms with Crippen LogP contribution >= 0.6 is 15.9 Å². The van der Waals surface area contributed by atoms with Gasteiger partial charge >= 0.3 is 0 Å². The lowest BCUT2D eigenvalue weighted by Crippen LogP contribution is -2.62. The molecule has 0 bridgehead atoms. The van der Waals surface area contributed by atoms with Gasteiger partial charge in [-0.3, -0.25) is 4.90 Å². The number of nitrogens with zero attached hydrogens (tertiary/aromatic N) is 1. The van der Waals surface area contributed by atoms with Crippen molar-refractivity contribution in [3.8, 4) is 0 Å². The fraction of sp³-hybridized carbons (Fsp3) is 0.647. The highest BCUT2D eigenvalue weighted by Crippen LogP contribution is 2.25. The highest BCUT2D eigenvalue weighted by Gasteiger charge is 2.34. The molecule has 21 heavy (non-hydrogen) atoms. The van der Waals surface area contributed by atoms with Gasteiger partial charge in [0.15, 0.2) is 0 Å². The van der Waals surface area contributed by atoms with Crippen molar-refractivity contribution in [3.05, 3.63) is 34.1 Å². The Morgan fingerprint density at radius 3 is 2.81 bits per heavy atom. The van der Waals surface area contributed by atoms with Crippen LogP contribution in [0.25, 0.3) is 0 Å². The summed E-state index contributed by atoms with van der Waals surface area (Å²) in [6, 6.07) is 5.88. The Balaban J connectivity index is 2.15. The molecule has 1 N–H and O–H groups in total. The van der Waals surface area contributed by atoms with Crippen LogP contribution in [0.4, 0.5) is 4.39 Å². The molecule has 0 amide bonds. The van der Waals surface area contributed by atoms with E-state index in [0.29, 0.717) is 12.6 Å². The zero-order valence-corrected chi connectivity index (χ0v) is 14.8. The lowest BCUT2D eigenvalue weighted by atomic mass is 9.92. The molecule has 0 aromatic heterocycles. The van der Waals surface area contributed by atoms with Crippen LogP contribution in [0.1, 0.15) is 45.6 Å². The third-order valence-electron chi connectivity index (χ3n) is 4.62. The van der Waals surface area contributed by atoms with Gasteiger partial charge in [0.2, 0.25) is 0 Å². The second-order valence-electron chi connectivity index (χ2n) is 6.38. The number of piperazine rings is 1. The number of rotatable bonds is 5. The van der Waals surface area contributed by atoms with Gasteiger partial charge in [0, 0.05) is 41.3 Å². The van der Waals surface area contributed by atoms with Crippen LogP contribution in [0.2, 0.25) is 0 Å². The van der Waals surface area contributed by atoms with Crippen LogP contribution in [0.5, 0.6) is 0 Å². The summed E-state index contributed by atoms with van der Waals surface area (Å²) < 4.78 is 14.9. The lowest BCUT2D eigenvalue weighted by molar-refractivity contribution is 0.0716.